The molecular weight excluding hydrogens is 396 g/mol. The summed E-state index contributed by atoms with van der Waals surface area (Å²) in [7, 11) is 0. The van der Waals surface area contributed by atoms with E-state index in [9.17, 15) is 0 Å². The van der Waals surface area contributed by atoms with Gasteiger partial charge in [-0.1, -0.05) is 37.3 Å². The molecule has 21 heavy (non-hydrogen) atoms. The molecule has 0 heterocycles. The van der Waals surface area contributed by atoms with Crippen LogP contribution in [0.2, 0.25) is 0 Å². The Morgan fingerprint density at radius 3 is 2.19 bits per heavy atom. The molecule has 0 aliphatic heterocycles. The van der Waals surface area contributed by atoms with E-state index in [4.69, 9.17) is 9.84 Å². The van der Waals surface area contributed by atoms with Gasteiger partial charge in [0.15, 0.2) is 0 Å². The van der Waals surface area contributed by atoms with Crippen molar-refractivity contribution in [1.82, 2.24) is 0 Å². The van der Waals surface area contributed by atoms with E-state index in [0.29, 0.717) is 5.92 Å². The molecule has 1 atom stereocenters. The molecule has 2 aromatic rings. The molecule has 0 aromatic heterocycles. The predicted octanol–water partition coefficient (Wildman–Crippen LogP) is 5.12. The van der Waals surface area contributed by atoms with Gasteiger partial charge in [-0.3, -0.25) is 0 Å². The van der Waals surface area contributed by atoms with Crippen LogP contribution < -0.4 is 4.74 Å². The van der Waals surface area contributed by atoms with Gasteiger partial charge in [0, 0.05) is 5.92 Å². The van der Waals surface area contributed by atoms with Gasteiger partial charge in [-0.2, -0.15) is 0 Å². The predicted molar refractivity (Wildman–Crippen MR) is 93.0 cm³/mol. The van der Waals surface area contributed by atoms with E-state index < -0.39 is 0 Å². The average Bonchev–Trinajstić information content (AvgIpc) is 2.48. The lowest BCUT2D eigenvalue weighted by Crippen LogP contribution is -2.04. The van der Waals surface area contributed by atoms with Gasteiger partial charge in [0.25, 0.3) is 0 Å². The maximum Gasteiger partial charge on any atom is 0.147 e. The van der Waals surface area contributed by atoms with Crippen molar-refractivity contribution < 1.29 is 9.84 Å². The van der Waals surface area contributed by atoms with Crippen LogP contribution in [-0.2, 0) is 0 Å². The molecule has 112 valence electrons. The molecule has 0 aliphatic rings. The third-order valence-corrected chi connectivity index (χ3v) is 4.55. The molecule has 0 aliphatic carbocycles. The Hall–Kier alpha value is -0.840. The van der Waals surface area contributed by atoms with E-state index >= 15 is 0 Å². The Bertz CT molecular complexity index is 562. The number of hydrogen-bond donors (Lipinski definition) is 1. The van der Waals surface area contributed by atoms with E-state index in [1.807, 2.05) is 6.07 Å². The molecular formula is C17H18Br2O2. The number of ether oxygens (including phenoxy) is 1. The third kappa shape index (κ3) is 4.09. The highest BCUT2D eigenvalue weighted by Crippen LogP contribution is 2.39. The molecule has 0 bridgehead atoms. The van der Waals surface area contributed by atoms with Crippen molar-refractivity contribution in [2.45, 2.75) is 19.3 Å². The zero-order valence-electron chi connectivity index (χ0n) is 11.9. The van der Waals surface area contributed by atoms with E-state index in [-0.39, 0.29) is 13.2 Å². The summed E-state index contributed by atoms with van der Waals surface area (Å²) < 4.78 is 7.34. The number of benzene rings is 2. The van der Waals surface area contributed by atoms with Crippen molar-refractivity contribution >= 4 is 31.9 Å². The quantitative estimate of drug-likeness (QED) is 0.711. The van der Waals surface area contributed by atoms with Gasteiger partial charge in [0.2, 0.25) is 0 Å². The first kappa shape index (κ1) is 16.5. The highest BCUT2D eigenvalue weighted by atomic mass is 79.9. The van der Waals surface area contributed by atoms with Crippen LogP contribution in [0.15, 0.2) is 51.4 Å². The van der Waals surface area contributed by atoms with Crippen LogP contribution in [0.4, 0.5) is 0 Å². The Labute approximate surface area is 142 Å². The molecule has 0 fully saturated rings. The number of rotatable bonds is 6. The minimum Gasteiger partial charge on any atom is -0.489 e. The Morgan fingerprint density at radius 1 is 1.05 bits per heavy atom. The highest BCUT2D eigenvalue weighted by Gasteiger charge is 2.16. The molecule has 1 unspecified atom stereocenters. The zero-order chi connectivity index (χ0) is 15.2. The largest absolute Gasteiger partial charge is 0.489 e. The molecule has 0 radical (unpaired) electrons. The van der Waals surface area contributed by atoms with E-state index in [2.05, 4.69) is 75.2 Å². The van der Waals surface area contributed by atoms with Gasteiger partial charge in [-0.05, 0) is 61.5 Å². The minimum atomic E-state index is 0.00221. The van der Waals surface area contributed by atoms with Crippen molar-refractivity contribution in [3.05, 3.63) is 62.5 Å². The van der Waals surface area contributed by atoms with Crippen LogP contribution in [0.1, 0.15) is 30.4 Å². The van der Waals surface area contributed by atoms with E-state index in [0.717, 1.165) is 21.1 Å². The van der Waals surface area contributed by atoms with Crippen LogP contribution in [0, 0.1) is 0 Å². The molecule has 2 nitrogen and oxygen atoms in total. The molecule has 2 aromatic carbocycles. The molecule has 0 spiro atoms. The number of halogens is 2. The summed E-state index contributed by atoms with van der Waals surface area (Å²) in [5.74, 6) is 1.08. The Kier molecular flexibility index (Phi) is 6.27. The number of hydrogen-bond acceptors (Lipinski definition) is 2. The summed E-state index contributed by atoms with van der Waals surface area (Å²) in [5.41, 5.74) is 2.54. The van der Waals surface area contributed by atoms with Gasteiger partial charge in [0.05, 0.1) is 15.6 Å². The fourth-order valence-corrected chi connectivity index (χ4v) is 3.87. The summed E-state index contributed by atoms with van der Waals surface area (Å²) in [6.07, 6.45) is 1.03. The second-order valence-corrected chi connectivity index (χ2v) is 6.47. The standard InChI is InChI=1S/C17H18Br2O2/c1-2-14(12-6-4-3-5-7-12)13-10-15(18)17(16(19)11-13)21-9-8-20/h3-7,10-11,14,20H,2,8-9H2,1H3. The van der Waals surface area contributed by atoms with Crippen LogP contribution in [-0.4, -0.2) is 18.3 Å². The van der Waals surface area contributed by atoms with Crippen molar-refractivity contribution in [2.75, 3.05) is 13.2 Å². The molecule has 0 saturated heterocycles. The first-order chi connectivity index (χ1) is 10.2. The lowest BCUT2D eigenvalue weighted by Gasteiger charge is -2.18. The Balaban J connectivity index is 2.35. The maximum absolute atomic E-state index is 8.88. The summed E-state index contributed by atoms with van der Waals surface area (Å²) >= 11 is 7.12. The first-order valence-electron chi connectivity index (χ1n) is 6.95. The highest BCUT2D eigenvalue weighted by molar-refractivity contribution is 9.11. The van der Waals surface area contributed by atoms with Crippen molar-refractivity contribution in [2.24, 2.45) is 0 Å². The molecule has 1 N–H and O–H groups in total. The second kappa shape index (κ2) is 7.97. The van der Waals surface area contributed by atoms with Crippen molar-refractivity contribution in [3.63, 3.8) is 0 Å². The zero-order valence-corrected chi connectivity index (χ0v) is 15.0. The van der Waals surface area contributed by atoms with E-state index in [1.54, 1.807) is 0 Å². The second-order valence-electron chi connectivity index (χ2n) is 4.76. The lowest BCUT2D eigenvalue weighted by atomic mass is 9.89. The smallest absolute Gasteiger partial charge is 0.147 e. The summed E-state index contributed by atoms with van der Waals surface area (Å²) in [4.78, 5) is 0. The minimum absolute atomic E-state index is 0.00221. The SMILES string of the molecule is CCC(c1ccccc1)c1cc(Br)c(OCCO)c(Br)c1. The van der Waals surface area contributed by atoms with Gasteiger partial charge in [-0.15, -0.1) is 0 Å². The molecule has 0 amide bonds. The van der Waals surface area contributed by atoms with Crippen molar-refractivity contribution in [3.8, 4) is 5.75 Å². The lowest BCUT2D eigenvalue weighted by molar-refractivity contribution is 0.200. The topological polar surface area (TPSA) is 29.5 Å². The fraction of sp³-hybridized carbons (Fsp3) is 0.294. The Morgan fingerprint density at radius 2 is 1.67 bits per heavy atom. The van der Waals surface area contributed by atoms with Gasteiger partial charge >= 0.3 is 0 Å². The number of aliphatic hydroxyl groups excluding tert-OH is 1. The summed E-state index contributed by atoms with van der Waals surface area (Å²) in [6, 6.07) is 14.7. The first-order valence-corrected chi connectivity index (χ1v) is 8.53. The van der Waals surface area contributed by atoms with E-state index in [1.165, 1.54) is 11.1 Å². The fourth-order valence-electron chi connectivity index (χ4n) is 2.42. The molecule has 2 rings (SSSR count). The van der Waals surface area contributed by atoms with Crippen LogP contribution in [0.5, 0.6) is 5.75 Å². The monoisotopic (exact) mass is 412 g/mol. The maximum atomic E-state index is 8.88. The van der Waals surface area contributed by atoms with Crippen LogP contribution in [0.3, 0.4) is 0 Å². The summed E-state index contributed by atoms with van der Waals surface area (Å²) in [6.45, 7) is 2.48. The van der Waals surface area contributed by atoms with Crippen LogP contribution >= 0.6 is 31.9 Å². The van der Waals surface area contributed by atoms with Crippen LogP contribution in [0.25, 0.3) is 0 Å². The van der Waals surface area contributed by atoms with Gasteiger partial charge < -0.3 is 9.84 Å². The van der Waals surface area contributed by atoms with Gasteiger partial charge in [0.1, 0.15) is 12.4 Å². The molecule has 0 saturated carbocycles. The number of aliphatic hydroxyl groups is 1. The summed E-state index contributed by atoms with van der Waals surface area (Å²) in [5, 5.41) is 8.88. The van der Waals surface area contributed by atoms with Gasteiger partial charge in [-0.25, -0.2) is 0 Å². The molecule has 4 heteroatoms. The normalized spacial score (nSPS) is 12.2. The third-order valence-electron chi connectivity index (χ3n) is 3.37. The average molecular weight is 414 g/mol. The van der Waals surface area contributed by atoms with Crippen molar-refractivity contribution in [1.29, 1.82) is 0 Å².